The maximum absolute atomic E-state index is 9.26. The van der Waals surface area contributed by atoms with Crippen molar-refractivity contribution in [3.63, 3.8) is 0 Å². The molecule has 3 heterocycles. The van der Waals surface area contributed by atoms with E-state index >= 15 is 0 Å². The molecule has 0 saturated carbocycles. The molecular weight excluding hydrogens is 456 g/mol. The van der Waals surface area contributed by atoms with Crippen LogP contribution in [-0.2, 0) is 11.2 Å². The topological polar surface area (TPSA) is 52.4 Å². The highest BCUT2D eigenvalue weighted by Crippen LogP contribution is 2.34. The Kier molecular flexibility index (Phi) is 6.61. The number of anilines is 1. The van der Waals surface area contributed by atoms with Crippen LogP contribution in [0.1, 0.15) is 36.1 Å². The first-order valence-corrected chi connectivity index (χ1v) is 13.3. The predicted molar refractivity (Wildman–Crippen MR) is 149 cm³/mol. The summed E-state index contributed by atoms with van der Waals surface area (Å²) in [6.45, 7) is 7.18. The molecule has 1 fully saturated rings. The van der Waals surface area contributed by atoms with Crippen LogP contribution in [0.25, 0.3) is 21.9 Å². The number of pyridine rings is 1. The first-order chi connectivity index (χ1) is 18.2. The SMILES string of the molecule is C[C@@H]1CN(c2cccc3cc(C#N)ccc23)CCN1CC[C@@H]1OCCc2cc(-c3cccnc3)ccc21. The van der Waals surface area contributed by atoms with Crippen molar-refractivity contribution in [3.8, 4) is 17.2 Å². The van der Waals surface area contributed by atoms with Crippen LogP contribution >= 0.6 is 0 Å². The van der Waals surface area contributed by atoms with Gasteiger partial charge >= 0.3 is 0 Å². The van der Waals surface area contributed by atoms with E-state index < -0.39 is 0 Å². The molecule has 0 radical (unpaired) electrons. The highest BCUT2D eigenvalue weighted by Gasteiger charge is 2.27. The van der Waals surface area contributed by atoms with Crippen LogP contribution in [0.4, 0.5) is 5.69 Å². The van der Waals surface area contributed by atoms with Gasteiger partial charge in [0.1, 0.15) is 0 Å². The van der Waals surface area contributed by atoms with Crippen LogP contribution in [0.5, 0.6) is 0 Å². The number of nitriles is 1. The highest BCUT2D eigenvalue weighted by atomic mass is 16.5. The Hall–Kier alpha value is -3.72. The lowest BCUT2D eigenvalue weighted by Gasteiger charge is -2.42. The molecule has 5 nitrogen and oxygen atoms in total. The summed E-state index contributed by atoms with van der Waals surface area (Å²) in [4.78, 5) is 9.39. The maximum atomic E-state index is 9.26. The summed E-state index contributed by atoms with van der Waals surface area (Å²) in [7, 11) is 0. The molecule has 5 heteroatoms. The van der Waals surface area contributed by atoms with E-state index in [0.29, 0.717) is 11.6 Å². The summed E-state index contributed by atoms with van der Waals surface area (Å²) in [5.41, 5.74) is 7.13. The van der Waals surface area contributed by atoms with E-state index in [0.717, 1.165) is 56.6 Å². The van der Waals surface area contributed by atoms with Crippen molar-refractivity contribution < 1.29 is 4.74 Å². The molecule has 0 aliphatic carbocycles. The van der Waals surface area contributed by atoms with E-state index in [1.54, 1.807) is 0 Å². The minimum absolute atomic E-state index is 0.157. The van der Waals surface area contributed by atoms with Gasteiger partial charge in [0.25, 0.3) is 0 Å². The summed E-state index contributed by atoms with van der Waals surface area (Å²) >= 11 is 0. The Morgan fingerprint density at radius 1 is 1.03 bits per heavy atom. The second-order valence-corrected chi connectivity index (χ2v) is 10.2. The van der Waals surface area contributed by atoms with Gasteiger partial charge < -0.3 is 9.64 Å². The number of piperazine rings is 1. The average Bonchev–Trinajstić information content (AvgIpc) is 2.96. The van der Waals surface area contributed by atoms with Crippen LogP contribution in [0, 0.1) is 11.3 Å². The molecule has 0 unspecified atom stereocenters. The molecule has 1 saturated heterocycles. The number of nitrogens with zero attached hydrogens (tertiary/aromatic N) is 4. The van der Waals surface area contributed by atoms with E-state index in [9.17, 15) is 5.26 Å². The summed E-state index contributed by atoms with van der Waals surface area (Å²) < 4.78 is 6.26. The Morgan fingerprint density at radius 3 is 2.81 bits per heavy atom. The molecule has 2 aliphatic rings. The van der Waals surface area contributed by atoms with Crippen molar-refractivity contribution in [2.24, 2.45) is 0 Å². The predicted octanol–water partition coefficient (Wildman–Crippen LogP) is 5.99. The van der Waals surface area contributed by atoms with Crippen molar-refractivity contribution in [3.05, 3.63) is 95.8 Å². The third-order valence-corrected chi connectivity index (χ3v) is 7.95. The van der Waals surface area contributed by atoms with E-state index in [1.807, 2.05) is 30.6 Å². The number of aromatic nitrogens is 1. The Bertz CT molecular complexity index is 1440. The van der Waals surface area contributed by atoms with Crippen LogP contribution in [0.15, 0.2) is 79.1 Å². The first-order valence-electron chi connectivity index (χ1n) is 13.3. The average molecular weight is 489 g/mol. The van der Waals surface area contributed by atoms with Crippen molar-refractivity contribution in [1.29, 1.82) is 5.26 Å². The molecule has 4 aromatic rings. The number of hydrogen-bond acceptors (Lipinski definition) is 5. The largest absolute Gasteiger partial charge is 0.373 e. The van der Waals surface area contributed by atoms with Gasteiger partial charge in [-0.3, -0.25) is 9.88 Å². The quantitative estimate of drug-likeness (QED) is 0.345. The van der Waals surface area contributed by atoms with Crippen LogP contribution in [0.3, 0.4) is 0 Å². The molecule has 2 atom stereocenters. The smallest absolute Gasteiger partial charge is 0.0991 e. The van der Waals surface area contributed by atoms with Gasteiger partial charge in [0.2, 0.25) is 0 Å². The van der Waals surface area contributed by atoms with Gasteiger partial charge in [-0.15, -0.1) is 0 Å². The summed E-state index contributed by atoms with van der Waals surface area (Å²) in [5, 5.41) is 11.6. The molecule has 6 rings (SSSR count). The molecule has 1 aromatic heterocycles. The fourth-order valence-corrected chi connectivity index (χ4v) is 5.93. The molecule has 0 bridgehead atoms. The third-order valence-electron chi connectivity index (χ3n) is 7.95. The van der Waals surface area contributed by atoms with Gasteiger partial charge in [-0.1, -0.05) is 42.5 Å². The molecule has 0 amide bonds. The lowest BCUT2D eigenvalue weighted by molar-refractivity contribution is 0.0255. The van der Waals surface area contributed by atoms with E-state index in [2.05, 4.69) is 76.3 Å². The van der Waals surface area contributed by atoms with E-state index in [4.69, 9.17) is 4.74 Å². The Balaban J connectivity index is 1.11. The molecule has 3 aromatic carbocycles. The van der Waals surface area contributed by atoms with E-state index in [-0.39, 0.29) is 6.10 Å². The second kappa shape index (κ2) is 10.3. The van der Waals surface area contributed by atoms with Gasteiger partial charge in [0.15, 0.2) is 0 Å². The van der Waals surface area contributed by atoms with Crippen molar-refractivity contribution in [1.82, 2.24) is 9.88 Å². The zero-order valence-corrected chi connectivity index (χ0v) is 21.3. The molecule has 2 aliphatic heterocycles. The monoisotopic (exact) mass is 488 g/mol. The Morgan fingerprint density at radius 2 is 1.97 bits per heavy atom. The molecule has 37 heavy (non-hydrogen) atoms. The summed E-state index contributed by atoms with van der Waals surface area (Å²) in [6.07, 6.45) is 5.89. The summed E-state index contributed by atoms with van der Waals surface area (Å²) in [5.74, 6) is 0. The van der Waals surface area contributed by atoms with Gasteiger partial charge in [-0.25, -0.2) is 0 Å². The number of ether oxygens (including phenoxy) is 1. The van der Waals surface area contributed by atoms with Crippen LogP contribution in [0.2, 0.25) is 0 Å². The zero-order chi connectivity index (χ0) is 25.2. The fourth-order valence-electron chi connectivity index (χ4n) is 5.93. The Labute approximate surface area is 218 Å². The van der Waals surface area contributed by atoms with Crippen LogP contribution < -0.4 is 4.90 Å². The number of hydrogen-bond donors (Lipinski definition) is 0. The van der Waals surface area contributed by atoms with Gasteiger partial charge in [0.05, 0.1) is 24.3 Å². The number of benzene rings is 3. The van der Waals surface area contributed by atoms with Gasteiger partial charge in [0, 0.05) is 55.7 Å². The van der Waals surface area contributed by atoms with E-state index in [1.165, 1.54) is 27.8 Å². The minimum Gasteiger partial charge on any atom is -0.373 e. The van der Waals surface area contributed by atoms with Gasteiger partial charge in [-0.05, 0) is 71.7 Å². The minimum atomic E-state index is 0.157. The standard InChI is InChI=1S/C32H32N4O/c1-23-22-36(31-6-2-4-26-18-24(20-33)7-9-29(26)31)16-15-35(23)14-11-32-30-10-8-25(19-27(30)12-17-37-32)28-5-3-13-34-21-28/h2-10,13,18-19,21,23,32H,11-12,14-17,22H2,1H3/t23-,32+/m1/s1. The van der Waals surface area contributed by atoms with Crippen LogP contribution in [-0.4, -0.2) is 48.7 Å². The third kappa shape index (κ3) is 4.83. The normalized spacial score (nSPS) is 19.9. The second-order valence-electron chi connectivity index (χ2n) is 10.2. The number of rotatable bonds is 5. The summed E-state index contributed by atoms with van der Waals surface area (Å²) in [6, 6.07) is 26.0. The highest BCUT2D eigenvalue weighted by molar-refractivity contribution is 5.95. The molecular formula is C32H32N4O. The maximum Gasteiger partial charge on any atom is 0.0991 e. The van der Waals surface area contributed by atoms with Crippen molar-refractivity contribution in [2.75, 3.05) is 37.7 Å². The molecule has 0 spiro atoms. The zero-order valence-electron chi connectivity index (χ0n) is 21.3. The first kappa shape index (κ1) is 23.7. The fraction of sp³-hybridized carbons (Fsp3) is 0.312. The van der Waals surface area contributed by atoms with Crippen molar-refractivity contribution >= 4 is 16.5 Å². The molecule has 0 N–H and O–H groups in total. The van der Waals surface area contributed by atoms with Gasteiger partial charge in [-0.2, -0.15) is 5.26 Å². The lowest BCUT2D eigenvalue weighted by Crippen LogP contribution is -2.52. The lowest BCUT2D eigenvalue weighted by atomic mass is 9.92. The van der Waals surface area contributed by atoms with Crippen molar-refractivity contribution in [2.45, 2.75) is 31.9 Å². The molecule has 186 valence electrons. The number of fused-ring (bicyclic) bond motifs is 2.